The number of anilines is 2. The predicted molar refractivity (Wildman–Crippen MR) is 149 cm³/mol. The molecule has 0 radical (unpaired) electrons. The highest BCUT2D eigenvalue weighted by Crippen LogP contribution is 2.45. The molecule has 0 amide bonds. The van der Waals surface area contributed by atoms with Gasteiger partial charge in [-0.15, -0.1) is 0 Å². The van der Waals surface area contributed by atoms with Crippen LogP contribution in [0.15, 0.2) is 35.5 Å². The fraction of sp³-hybridized carbons (Fsp3) is 0.522. The molecule has 0 aliphatic heterocycles. The van der Waals surface area contributed by atoms with Crippen molar-refractivity contribution in [2.24, 2.45) is 0 Å². The molecule has 2 aromatic heterocycles. The third kappa shape index (κ3) is 8.85. The molecule has 37 heavy (non-hydrogen) atoms. The van der Waals surface area contributed by atoms with Gasteiger partial charge in [0.15, 0.2) is 11.5 Å². The molecule has 0 aliphatic carbocycles. The topological polar surface area (TPSA) is 161 Å². The first-order valence-electron chi connectivity index (χ1n) is 11.8. The second-order valence-corrected chi connectivity index (χ2v) is 13.7. The summed E-state index contributed by atoms with van der Waals surface area (Å²) in [7, 11) is -0.818. The summed E-state index contributed by atoms with van der Waals surface area (Å²) in [6.07, 6.45) is 1.54. The summed E-state index contributed by atoms with van der Waals surface area (Å²) in [6.45, 7) is 10.1. The smallest absolute Gasteiger partial charge is 0.382 e. The first kappa shape index (κ1) is 29.7. The van der Waals surface area contributed by atoms with E-state index in [9.17, 15) is 9.46 Å². The molecule has 2 heterocycles. The van der Waals surface area contributed by atoms with Gasteiger partial charge in [-0.1, -0.05) is 67.5 Å². The molecule has 1 aromatic carbocycles. The van der Waals surface area contributed by atoms with E-state index < -0.39 is 20.2 Å². The number of imidazole rings is 1. The van der Waals surface area contributed by atoms with Crippen LogP contribution >= 0.6 is 29.4 Å². The summed E-state index contributed by atoms with van der Waals surface area (Å²) in [5, 5.41) is 0. The van der Waals surface area contributed by atoms with Gasteiger partial charge in [0.1, 0.15) is 11.7 Å². The van der Waals surface area contributed by atoms with Crippen molar-refractivity contribution in [3.63, 3.8) is 0 Å². The number of hydrogen-bond acceptors (Lipinski definition) is 11. The van der Waals surface area contributed by atoms with Crippen molar-refractivity contribution in [1.82, 2.24) is 19.5 Å². The average Bonchev–Trinajstić information content (AvgIpc) is 3.24. The molecule has 5 N–H and O–H groups in total. The van der Waals surface area contributed by atoms with Crippen LogP contribution in [0.2, 0.25) is 0 Å². The van der Waals surface area contributed by atoms with E-state index in [1.807, 2.05) is 31.2 Å². The van der Waals surface area contributed by atoms with Gasteiger partial charge in [0.25, 0.3) is 0 Å². The Labute approximate surface area is 225 Å². The first-order chi connectivity index (χ1) is 17.4. The Hall–Kier alpha value is -1.86. The summed E-state index contributed by atoms with van der Waals surface area (Å²) in [4.78, 5) is 23.7. The molecule has 0 spiro atoms. The monoisotopic (exact) mass is 570 g/mol. The fourth-order valence-electron chi connectivity index (χ4n) is 3.27. The number of benzene rings is 1. The third-order valence-corrected chi connectivity index (χ3v) is 9.54. The van der Waals surface area contributed by atoms with Gasteiger partial charge in [0, 0.05) is 9.64 Å². The quantitative estimate of drug-likeness (QED) is 0.182. The van der Waals surface area contributed by atoms with E-state index in [1.165, 1.54) is 6.33 Å². The van der Waals surface area contributed by atoms with Crippen LogP contribution in [-0.4, -0.2) is 48.5 Å². The summed E-state index contributed by atoms with van der Waals surface area (Å²) in [5.74, 6) is 0.207. The largest absolute Gasteiger partial charge is 0.472 e. The highest BCUT2D eigenvalue weighted by Gasteiger charge is 2.25. The number of aromatic nitrogens is 4. The maximum absolute atomic E-state index is 12.5. The maximum atomic E-state index is 12.5. The number of nitrogen functional groups attached to an aromatic ring is 2. The van der Waals surface area contributed by atoms with E-state index in [0.717, 1.165) is 10.5 Å². The lowest BCUT2D eigenvalue weighted by Gasteiger charge is -2.23. The van der Waals surface area contributed by atoms with Crippen molar-refractivity contribution in [3.05, 3.63) is 36.2 Å². The fourth-order valence-corrected chi connectivity index (χ4v) is 6.28. The number of nitrogens with zero attached hydrogens (tertiary/aromatic N) is 4. The van der Waals surface area contributed by atoms with Crippen LogP contribution in [0.1, 0.15) is 52.8 Å². The van der Waals surface area contributed by atoms with Crippen molar-refractivity contribution >= 4 is 52.3 Å². The van der Waals surface area contributed by atoms with E-state index >= 15 is 0 Å². The van der Waals surface area contributed by atoms with Gasteiger partial charge in [-0.2, -0.15) is 9.97 Å². The number of fused-ring (bicyclic) bond motifs is 1. The molecule has 3 atom stereocenters. The maximum Gasteiger partial charge on any atom is 0.472 e. The van der Waals surface area contributed by atoms with Crippen molar-refractivity contribution < 1.29 is 23.2 Å². The van der Waals surface area contributed by atoms with Gasteiger partial charge < -0.3 is 21.1 Å². The third-order valence-electron chi connectivity index (χ3n) is 5.11. The summed E-state index contributed by atoms with van der Waals surface area (Å²) in [6, 6.07) is 7.95. The lowest BCUT2D eigenvalue weighted by Crippen LogP contribution is -2.23. The molecular formula is C23H35N6O5PS2. The number of hydrogen-bond donors (Lipinski definition) is 3. The van der Waals surface area contributed by atoms with Gasteiger partial charge in [0.2, 0.25) is 5.95 Å². The minimum Gasteiger partial charge on any atom is -0.382 e. The van der Waals surface area contributed by atoms with E-state index in [0.29, 0.717) is 24.0 Å². The molecule has 0 fully saturated rings. The molecule has 0 aliphatic rings. The second kappa shape index (κ2) is 12.8. The lowest BCUT2D eigenvalue weighted by atomic mass is 10.2. The van der Waals surface area contributed by atoms with E-state index in [-0.39, 0.29) is 29.7 Å². The normalized spacial score (nSPS) is 15.5. The number of rotatable bonds is 13. The van der Waals surface area contributed by atoms with Gasteiger partial charge in [-0.05, 0) is 31.4 Å². The second-order valence-electron chi connectivity index (χ2n) is 9.29. The minimum absolute atomic E-state index is 0.0295. The Morgan fingerprint density at radius 1 is 1.19 bits per heavy atom. The Balaban J connectivity index is 1.52. The number of nitrogens with two attached hydrogens (primary N) is 2. The van der Waals surface area contributed by atoms with E-state index in [1.54, 1.807) is 33.1 Å². The van der Waals surface area contributed by atoms with Crippen LogP contribution < -0.4 is 11.5 Å². The highest BCUT2D eigenvalue weighted by atomic mass is 33.1. The summed E-state index contributed by atoms with van der Waals surface area (Å²) in [5.41, 5.74) is 13.5. The molecule has 14 heteroatoms. The minimum atomic E-state index is -4.27. The molecule has 3 unspecified atom stereocenters. The zero-order valence-corrected chi connectivity index (χ0v) is 24.2. The summed E-state index contributed by atoms with van der Waals surface area (Å²) >= 11 is 0. The SMILES string of the molecule is CCC(COP(=O)(O)OCCc1ccccc1SSC(C)(C)C)OC(C)n1cnc2c(N)nc(N)nc21. The van der Waals surface area contributed by atoms with Crippen molar-refractivity contribution in [2.75, 3.05) is 24.7 Å². The molecule has 0 bridgehead atoms. The van der Waals surface area contributed by atoms with Gasteiger partial charge in [-0.25, -0.2) is 9.55 Å². The van der Waals surface area contributed by atoms with Crippen LogP contribution in [0.4, 0.5) is 11.8 Å². The lowest BCUT2D eigenvalue weighted by molar-refractivity contribution is -0.0647. The number of phosphoric acid groups is 1. The zero-order chi connectivity index (χ0) is 27.2. The Morgan fingerprint density at radius 3 is 2.62 bits per heavy atom. The Kier molecular flexibility index (Phi) is 10.3. The summed E-state index contributed by atoms with van der Waals surface area (Å²) < 4.78 is 30.8. The molecule has 0 saturated heterocycles. The van der Waals surface area contributed by atoms with Crippen molar-refractivity contribution in [2.45, 2.75) is 69.4 Å². The zero-order valence-electron chi connectivity index (χ0n) is 21.7. The number of phosphoric ester groups is 1. The predicted octanol–water partition coefficient (Wildman–Crippen LogP) is 5.22. The Morgan fingerprint density at radius 2 is 1.92 bits per heavy atom. The molecule has 0 saturated carbocycles. The Bertz CT molecular complexity index is 1240. The van der Waals surface area contributed by atoms with E-state index in [4.69, 9.17) is 25.3 Å². The van der Waals surface area contributed by atoms with Crippen molar-refractivity contribution in [1.29, 1.82) is 0 Å². The molecule has 204 valence electrons. The molecule has 3 rings (SSSR count). The van der Waals surface area contributed by atoms with Crippen LogP contribution in [0, 0.1) is 0 Å². The van der Waals surface area contributed by atoms with Crippen LogP contribution in [0.5, 0.6) is 0 Å². The average molecular weight is 571 g/mol. The van der Waals surface area contributed by atoms with Gasteiger partial charge in [-0.3, -0.25) is 13.6 Å². The standard InChI is InChI=1S/C23H35N6O5PS2/c1-6-17(34-15(2)29-14-26-19-20(24)27-22(25)28-21(19)29)13-33-35(30,31)32-12-11-16-9-7-8-10-18(16)36-37-23(3,4)5/h7-10,14-15,17H,6,11-13H2,1-5H3,(H,30,31)(H4,24,25,27,28). The first-order valence-corrected chi connectivity index (χ1v) is 15.5. The van der Waals surface area contributed by atoms with Crippen LogP contribution in [0.3, 0.4) is 0 Å². The molecule has 3 aromatic rings. The molecular weight excluding hydrogens is 535 g/mol. The molecule has 11 nitrogen and oxygen atoms in total. The van der Waals surface area contributed by atoms with Crippen LogP contribution in [-0.2, 0) is 24.8 Å². The number of ether oxygens (including phenoxy) is 1. The van der Waals surface area contributed by atoms with Crippen molar-refractivity contribution in [3.8, 4) is 0 Å². The van der Waals surface area contributed by atoms with E-state index in [2.05, 4.69) is 35.7 Å². The van der Waals surface area contributed by atoms with Gasteiger partial charge >= 0.3 is 7.82 Å². The van der Waals surface area contributed by atoms with Crippen LogP contribution in [0.25, 0.3) is 11.2 Å². The van der Waals surface area contributed by atoms with Gasteiger partial charge in [0.05, 0.1) is 25.6 Å². The highest BCUT2D eigenvalue weighted by molar-refractivity contribution is 8.77.